The zero-order chi connectivity index (χ0) is 20.2. The van der Waals surface area contributed by atoms with E-state index in [0.717, 1.165) is 30.2 Å². The van der Waals surface area contributed by atoms with Crippen molar-refractivity contribution in [1.29, 1.82) is 0 Å². The van der Waals surface area contributed by atoms with Crippen LogP contribution in [-0.2, 0) is 12.8 Å². The van der Waals surface area contributed by atoms with E-state index in [0.29, 0.717) is 0 Å². The lowest BCUT2D eigenvalue weighted by Gasteiger charge is -2.28. The van der Waals surface area contributed by atoms with Crippen LogP contribution in [0.25, 0.3) is 0 Å². The molecule has 0 nitrogen and oxygen atoms in total. The Bertz CT molecular complexity index is 736. The molecular formula is C29H38. The molecule has 0 radical (unpaired) electrons. The fourth-order valence-electron chi connectivity index (χ4n) is 4.69. The van der Waals surface area contributed by atoms with Gasteiger partial charge in [0.05, 0.1) is 0 Å². The van der Waals surface area contributed by atoms with Gasteiger partial charge in [-0.15, -0.1) is 0 Å². The third-order valence-corrected chi connectivity index (χ3v) is 6.55. The zero-order valence-electron chi connectivity index (χ0n) is 18.3. The summed E-state index contributed by atoms with van der Waals surface area (Å²) in [7, 11) is 0. The molecule has 3 rings (SSSR count). The van der Waals surface area contributed by atoms with Crippen LogP contribution in [0.1, 0.15) is 87.8 Å². The van der Waals surface area contributed by atoms with Gasteiger partial charge in [-0.2, -0.15) is 0 Å². The van der Waals surface area contributed by atoms with Gasteiger partial charge >= 0.3 is 0 Å². The molecule has 0 heterocycles. The van der Waals surface area contributed by atoms with Crippen LogP contribution in [0, 0.1) is 23.7 Å². The van der Waals surface area contributed by atoms with Crippen molar-refractivity contribution in [3.05, 3.63) is 71.3 Å². The molecular weight excluding hydrogens is 348 g/mol. The largest absolute Gasteiger partial charge is 0.0979 e. The Hall–Kier alpha value is -2.00. The van der Waals surface area contributed by atoms with Crippen LogP contribution in [0.5, 0.6) is 0 Å². The normalized spacial score (nSPS) is 18.8. The zero-order valence-corrected chi connectivity index (χ0v) is 18.3. The molecule has 29 heavy (non-hydrogen) atoms. The van der Waals surface area contributed by atoms with Gasteiger partial charge in [0.2, 0.25) is 0 Å². The molecule has 0 saturated heterocycles. The van der Waals surface area contributed by atoms with Crippen molar-refractivity contribution in [3.8, 4) is 11.8 Å². The average Bonchev–Trinajstić information content (AvgIpc) is 2.77. The molecule has 0 N–H and O–H groups in total. The highest BCUT2D eigenvalue weighted by molar-refractivity contribution is 5.36. The van der Waals surface area contributed by atoms with E-state index in [1.807, 2.05) is 0 Å². The summed E-state index contributed by atoms with van der Waals surface area (Å²) in [5.74, 6) is 8.68. The van der Waals surface area contributed by atoms with Gasteiger partial charge in [0.15, 0.2) is 0 Å². The number of hydrogen-bond acceptors (Lipinski definition) is 0. The van der Waals surface area contributed by atoms with Crippen LogP contribution in [0.4, 0.5) is 0 Å². The predicted octanol–water partition coefficient (Wildman–Crippen LogP) is 7.99. The lowest BCUT2D eigenvalue weighted by atomic mass is 9.78. The molecule has 1 aliphatic carbocycles. The van der Waals surface area contributed by atoms with Gasteiger partial charge in [-0.1, -0.05) is 99.8 Å². The molecule has 154 valence electrons. The van der Waals surface area contributed by atoms with Crippen molar-refractivity contribution < 1.29 is 0 Å². The summed E-state index contributed by atoms with van der Waals surface area (Å²) >= 11 is 0. The molecule has 0 bridgehead atoms. The van der Waals surface area contributed by atoms with E-state index in [1.165, 1.54) is 75.3 Å². The highest BCUT2D eigenvalue weighted by atomic mass is 14.3. The van der Waals surface area contributed by atoms with Crippen molar-refractivity contribution >= 4 is 0 Å². The molecule has 0 aliphatic heterocycles. The van der Waals surface area contributed by atoms with E-state index >= 15 is 0 Å². The first kappa shape index (κ1) is 21.7. The van der Waals surface area contributed by atoms with Gasteiger partial charge in [0.25, 0.3) is 0 Å². The minimum Gasteiger partial charge on any atom is -0.0979 e. The first-order chi connectivity index (χ1) is 14.3. The van der Waals surface area contributed by atoms with Gasteiger partial charge in [0.1, 0.15) is 0 Å². The number of hydrogen-bond donors (Lipinski definition) is 0. The van der Waals surface area contributed by atoms with Crippen molar-refractivity contribution in [1.82, 2.24) is 0 Å². The average molecular weight is 387 g/mol. The minimum atomic E-state index is 0.957. The van der Waals surface area contributed by atoms with E-state index in [-0.39, 0.29) is 0 Å². The Labute approximate surface area is 179 Å². The molecule has 2 aromatic rings. The number of rotatable bonds is 9. The van der Waals surface area contributed by atoms with Crippen LogP contribution >= 0.6 is 0 Å². The predicted molar refractivity (Wildman–Crippen MR) is 126 cm³/mol. The van der Waals surface area contributed by atoms with E-state index in [1.54, 1.807) is 0 Å². The molecule has 0 spiro atoms. The summed E-state index contributed by atoms with van der Waals surface area (Å²) in [5, 5.41) is 0. The maximum absolute atomic E-state index is 3.36. The second kappa shape index (κ2) is 12.5. The van der Waals surface area contributed by atoms with Gasteiger partial charge in [0, 0.05) is 12.0 Å². The van der Waals surface area contributed by atoms with Crippen molar-refractivity contribution in [2.24, 2.45) is 11.8 Å². The number of aryl methyl sites for hydroxylation is 2. The van der Waals surface area contributed by atoms with E-state index in [9.17, 15) is 0 Å². The number of benzene rings is 2. The fraction of sp³-hybridized carbons (Fsp3) is 0.517. The molecule has 0 amide bonds. The van der Waals surface area contributed by atoms with E-state index in [4.69, 9.17) is 0 Å². The molecule has 0 atom stereocenters. The van der Waals surface area contributed by atoms with Gasteiger partial charge in [-0.3, -0.25) is 0 Å². The first-order valence-corrected chi connectivity index (χ1v) is 11.9. The monoisotopic (exact) mass is 386 g/mol. The van der Waals surface area contributed by atoms with Crippen LogP contribution < -0.4 is 0 Å². The van der Waals surface area contributed by atoms with Crippen LogP contribution in [0.3, 0.4) is 0 Å². The molecule has 1 aliphatic rings. The Balaban J connectivity index is 1.31. The molecule has 2 aromatic carbocycles. The quantitative estimate of drug-likeness (QED) is 0.302. The van der Waals surface area contributed by atoms with Gasteiger partial charge in [-0.05, 0) is 67.2 Å². The van der Waals surface area contributed by atoms with Gasteiger partial charge < -0.3 is 0 Å². The summed E-state index contributed by atoms with van der Waals surface area (Å²) in [6.07, 6.45) is 15.8. The molecule has 0 heteroatoms. The highest BCUT2D eigenvalue weighted by Crippen LogP contribution is 2.33. The topological polar surface area (TPSA) is 0 Å². The van der Waals surface area contributed by atoms with Gasteiger partial charge in [-0.25, -0.2) is 0 Å². The maximum atomic E-state index is 3.36. The van der Waals surface area contributed by atoms with Crippen molar-refractivity contribution in [2.45, 2.75) is 84.0 Å². The Morgan fingerprint density at radius 1 is 0.724 bits per heavy atom. The van der Waals surface area contributed by atoms with E-state index in [2.05, 4.69) is 73.4 Å². The lowest BCUT2D eigenvalue weighted by molar-refractivity contribution is 0.252. The highest BCUT2D eigenvalue weighted by Gasteiger charge is 2.20. The Morgan fingerprint density at radius 3 is 2.07 bits per heavy atom. The molecule has 0 aromatic heterocycles. The molecule has 0 unspecified atom stereocenters. The Morgan fingerprint density at radius 2 is 1.38 bits per heavy atom. The van der Waals surface area contributed by atoms with Crippen molar-refractivity contribution in [3.63, 3.8) is 0 Å². The van der Waals surface area contributed by atoms with Crippen LogP contribution in [0.15, 0.2) is 54.6 Å². The van der Waals surface area contributed by atoms with Crippen LogP contribution in [-0.4, -0.2) is 0 Å². The third-order valence-electron chi connectivity index (χ3n) is 6.55. The second-order valence-electron chi connectivity index (χ2n) is 8.91. The molecule has 1 fully saturated rings. The SMILES string of the molecule is CCC[C@H]1CC[C@H](CCc2ccc(C#CCCCCc3ccccc3)cc2)CC1. The summed E-state index contributed by atoms with van der Waals surface area (Å²) in [5.41, 5.74) is 4.08. The second-order valence-corrected chi connectivity index (χ2v) is 8.91. The lowest BCUT2D eigenvalue weighted by Crippen LogP contribution is -2.15. The van der Waals surface area contributed by atoms with E-state index < -0.39 is 0 Å². The molecule has 1 saturated carbocycles. The third kappa shape index (κ3) is 8.10. The van der Waals surface area contributed by atoms with Crippen molar-refractivity contribution in [2.75, 3.05) is 0 Å². The number of unbranched alkanes of at least 4 members (excludes halogenated alkanes) is 2. The summed E-state index contributed by atoms with van der Waals surface area (Å²) in [6, 6.07) is 19.8. The standard InChI is InChI=1S/C29H38/c1-2-10-25-15-19-28(20-16-25)23-24-29-21-17-27(18-22-29)14-7-4-3-6-11-26-12-8-5-9-13-26/h5,8-9,12-13,17-18,21-22,25,28H,2-4,6,10-11,15-16,19-20,23-24H2,1H3/t25-,28-. The summed E-state index contributed by atoms with van der Waals surface area (Å²) in [6.45, 7) is 2.33. The fourth-order valence-corrected chi connectivity index (χ4v) is 4.69. The maximum Gasteiger partial charge on any atom is 0.0245 e. The summed E-state index contributed by atoms with van der Waals surface area (Å²) < 4.78 is 0. The van der Waals surface area contributed by atoms with Crippen LogP contribution in [0.2, 0.25) is 0 Å². The Kier molecular flexibility index (Phi) is 9.38. The summed E-state index contributed by atoms with van der Waals surface area (Å²) in [4.78, 5) is 0. The first-order valence-electron chi connectivity index (χ1n) is 11.9. The smallest absolute Gasteiger partial charge is 0.0245 e. The minimum absolute atomic E-state index is 0.957.